The standard InChI is InChI=1S/C11H21NO2/c1-9-10(2-7-14-9)8-12-11-3-5-13-6-4-11/h9-12H,2-8H2,1H3. The minimum absolute atomic E-state index is 0.447. The summed E-state index contributed by atoms with van der Waals surface area (Å²) in [6.07, 6.45) is 4.00. The van der Waals surface area contributed by atoms with E-state index in [1.807, 2.05) is 0 Å². The molecule has 0 aromatic rings. The van der Waals surface area contributed by atoms with Crippen molar-refractivity contribution in [3.05, 3.63) is 0 Å². The van der Waals surface area contributed by atoms with Crippen LogP contribution in [0, 0.1) is 5.92 Å². The van der Waals surface area contributed by atoms with Gasteiger partial charge in [0.2, 0.25) is 0 Å². The van der Waals surface area contributed by atoms with Crippen LogP contribution in [0.3, 0.4) is 0 Å². The van der Waals surface area contributed by atoms with Gasteiger partial charge >= 0.3 is 0 Å². The zero-order valence-electron chi connectivity index (χ0n) is 9.00. The minimum atomic E-state index is 0.447. The Bertz CT molecular complexity index is 169. The van der Waals surface area contributed by atoms with Gasteiger partial charge in [-0.25, -0.2) is 0 Å². The van der Waals surface area contributed by atoms with E-state index >= 15 is 0 Å². The SMILES string of the molecule is CC1OCCC1CNC1CCOCC1. The largest absolute Gasteiger partial charge is 0.381 e. The molecule has 1 N–H and O–H groups in total. The van der Waals surface area contributed by atoms with E-state index in [1.54, 1.807) is 0 Å². The Morgan fingerprint density at radius 2 is 1.93 bits per heavy atom. The smallest absolute Gasteiger partial charge is 0.0588 e. The second kappa shape index (κ2) is 5.10. The Labute approximate surface area is 86.2 Å². The average molecular weight is 199 g/mol. The molecule has 2 fully saturated rings. The van der Waals surface area contributed by atoms with Gasteiger partial charge in [0.05, 0.1) is 6.10 Å². The van der Waals surface area contributed by atoms with Crippen LogP contribution in [0.4, 0.5) is 0 Å². The first-order chi connectivity index (χ1) is 6.86. The molecule has 2 aliphatic heterocycles. The fourth-order valence-corrected chi connectivity index (χ4v) is 2.26. The van der Waals surface area contributed by atoms with Gasteiger partial charge in [-0.2, -0.15) is 0 Å². The van der Waals surface area contributed by atoms with Gasteiger partial charge in [-0.1, -0.05) is 0 Å². The van der Waals surface area contributed by atoms with E-state index in [4.69, 9.17) is 9.47 Å². The summed E-state index contributed by atoms with van der Waals surface area (Å²) in [5.74, 6) is 0.720. The summed E-state index contributed by atoms with van der Waals surface area (Å²) in [5.41, 5.74) is 0. The Morgan fingerprint density at radius 3 is 2.57 bits per heavy atom. The van der Waals surface area contributed by atoms with Crippen molar-refractivity contribution in [1.82, 2.24) is 5.32 Å². The summed E-state index contributed by atoms with van der Waals surface area (Å²) in [6.45, 7) is 6.10. The molecule has 0 bridgehead atoms. The van der Waals surface area contributed by atoms with Crippen LogP contribution in [0.25, 0.3) is 0 Å². The monoisotopic (exact) mass is 199 g/mol. The highest BCUT2D eigenvalue weighted by Crippen LogP contribution is 2.20. The van der Waals surface area contributed by atoms with Crippen LogP contribution in [-0.2, 0) is 9.47 Å². The van der Waals surface area contributed by atoms with Gasteiger partial charge in [0, 0.05) is 32.4 Å². The Hall–Kier alpha value is -0.120. The minimum Gasteiger partial charge on any atom is -0.381 e. The van der Waals surface area contributed by atoms with E-state index in [1.165, 1.54) is 19.3 Å². The topological polar surface area (TPSA) is 30.5 Å². The van der Waals surface area contributed by atoms with Crippen molar-refractivity contribution in [2.45, 2.75) is 38.3 Å². The van der Waals surface area contributed by atoms with E-state index < -0.39 is 0 Å². The summed E-state index contributed by atoms with van der Waals surface area (Å²) in [5, 5.41) is 3.63. The van der Waals surface area contributed by atoms with Crippen LogP contribution in [0.1, 0.15) is 26.2 Å². The molecule has 2 rings (SSSR count). The lowest BCUT2D eigenvalue weighted by Gasteiger charge is -2.25. The molecular formula is C11H21NO2. The third-order valence-electron chi connectivity index (χ3n) is 3.42. The number of ether oxygens (including phenoxy) is 2. The summed E-state index contributed by atoms with van der Waals surface area (Å²) in [7, 11) is 0. The average Bonchev–Trinajstić information content (AvgIpc) is 2.63. The zero-order valence-corrected chi connectivity index (χ0v) is 9.00. The molecule has 2 heterocycles. The maximum Gasteiger partial charge on any atom is 0.0588 e. The second-order valence-corrected chi connectivity index (χ2v) is 4.42. The molecule has 2 atom stereocenters. The van der Waals surface area contributed by atoms with Gasteiger partial charge < -0.3 is 14.8 Å². The quantitative estimate of drug-likeness (QED) is 0.740. The number of hydrogen-bond acceptors (Lipinski definition) is 3. The van der Waals surface area contributed by atoms with Crippen LogP contribution in [0.5, 0.6) is 0 Å². The first kappa shape index (κ1) is 10.4. The summed E-state index contributed by atoms with van der Waals surface area (Å²) in [4.78, 5) is 0. The Morgan fingerprint density at radius 1 is 1.14 bits per heavy atom. The first-order valence-corrected chi connectivity index (χ1v) is 5.79. The number of rotatable bonds is 3. The lowest BCUT2D eigenvalue weighted by atomic mass is 10.0. The molecule has 0 aliphatic carbocycles. The van der Waals surface area contributed by atoms with Gasteiger partial charge in [0.25, 0.3) is 0 Å². The molecule has 2 saturated heterocycles. The van der Waals surface area contributed by atoms with Gasteiger partial charge in [0.1, 0.15) is 0 Å². The molecular weight excluding hydrogens is 178 g/mol. The maximum absolute atomic E-state index is 5.54. The van der Waals surface area contributed by atoms with Crippen molar-refractivity contribution in [3.63, 3.8) is 0 Å². The highest BCUT2D eigenvalue weighted by molar-refractivity contribution is 4.78. The molecule has 82 valence electrons. The van der Waals surface area contributed by atoms with E-state index in [-0.39, 0.29) is 0 Å². The van der Waals surface area contributed by atoms with Gasteiger partial charge in [-0.05, 0) is 32.1 Å². The predicted molar refractivity (Wildman–Crippen MR) is 55.4 cm³/mol. The van der Waals surface area contributed by atoms with Crippen molar-refractivity contribution in [2.75, 3.05) is 26.4 Å². The second-order valence-electron chi connectivity index (χ2n) is 4.42. The summed E-state index contributed by atoms with van der Waals surface area (Å²) < 4.78 is 10.9. The summed E-state index contributed by atoms with van der Waals surface area (Å²) >= 11 is 0. The van der Waals surface area contributed by atoms with Crippen LogP contribution in [-0.4, -0.2) is 38.5 Å². The molecule has 0 radical (unpaired) electrons. The third kappa shape index (κ3) is 2.69. The molecule has 0 saturated carbocycles. The zero-order chi connectivity index (χ0) is 9.80. The Balaban J connectivity index is 1.65. The van der Waals surface area contributed by atoms with Crippen LogP contribution >= 0.6 is 0 Å². The normalized spacial score (nSPS) is 34.9. The molecule has 0 aromatic carbocycles. The molecule has 2 unspecified atom stereocenters. The van der Waals surface area contributed by atoms with Crippen molar-refractivity contribution in [3.8, 4) is 0 Å². The molecule has 3 heteroatoms. The Kier molecular flexibility index (Phi) is 3.79. The molecule has 14 heavy (non-hydrogen) atoms. The van der Waals surface area contributed by atoms with Crippen molar-refractivity contribution in [1.29, 1.82) is 0 Å². The fraction of sp³-hybridized carbons (Fsp3) is 1.00. The first-order valence-electron chi connectivity index (χ1n) is 5.79. The van der Waals surface area contributed by atoms with E-state index in [2.05, 4.69) is 12.2 Å². The maximum atomic E-state index is 5.54. The highest BCUT2D eigenvalue weighted by atomic mass is 16.5. The molecule has 2 aliphatic rings. The van der Waals surface area contributed by atoms with E-state index in [0.29, 0.717) is 12.1 Å². The highest BCUT2D eigenvalue weighted by Gasteiger charge is 2.25. The van der Waals surface area contributed by atoms with Crippen molar-refractivity contribution in [2.24, 2.45) is 5.92 Å². The number of hydrogen-bond donors (Lipinski definition) is 1. The molecule has 0 aromatic heterocycles. The van der Waals surface area contributed by atoms with Crippen LogP contribution in [0.15, 0.2) is 0 Å². The summed E-state index contributed by atoms with van der Waals surface area (Å²) in [6, 6.07) is 0.677. The van der Waals surface area contributed by atoms with Crippen LogP contribution < -0.4 is 5.32 Å². The van der Waals surface area contributed by atoms with Gasteiger partial charge in [-0.15, -0.1) is 0 Å². The van der Waals surface area contributed by atoms with E-state index in [0.717, 1.165) is 32.3 Å². The lowest BCUT2D eigenvalue weighted by molar-refractivity contribution is 0.0732. The van der Waals surface area contributed by atoms with Crippen LogP contribution in [0.2, 0.25) is 0 Å². The van der Waals surface area contributed by atoms with Gasteiger partial charge in [0.15, 0.2) is 0 Å². The predicted octanol–water partition coefficient (Wildman–Crippen LogP) is 1.18. The number of nitrogens with one attached hydrogen (secondary N) is 1. The molecule has 3 nitrogen and oxygen atoms in total. The molecule has 0 amide bonds. The van der Waals surface area contributed by atoms with Gasteiger partial charge in [-0.3, -0.25) is 0 Å². The third-order valence-corrected chi connectivity index (χ3v) is 3.42. The lowest BCUT2D eigenvalue weighted by Crippen LogP contribution is -2.38. The fourth-order valence-electron chi connectivity index (χ4n) is 2.26. The molecule has 0 spiro atoms. The van der Waals surface area contributed by atoms with E-state index in [9.17, 15) is 0 Å². The van der Waals surface area contributed by atoms with Crippen molar-refractivity contribution >= 4 is 0 Å². The van der Waals surface area contributed by atoms with Crippen molar-refractivity contribution < 1.29 is 9.47 Å².